The molecule has 1 fully saturated rings. The van der Waals surface area contributed by atoms with E-state index < -0.39 is 44.6 Å². The van der Waals surface area contributed by atoms with Crippen molar-refractivity contribution in [2.45, 2.75) is 39.8 Å². The number of halogens is 5. The highest BCUT2D eigenvalue weighted by Gasteiger charge is 2.34. The van der Waals surface area contributed by atoms with Gasteiger partial charge in [0, 0.05) is 31.1 Å². The minimum absolute atomic E-state index is 0.0177. The molecular formula is C32H29Cl3F2N6O3. The average Bonchev–Trinajstić information content (AvgIpc) is 3.02. The van der Waals surface area contributed by atoms with Crippen molar-refractivity contribution in [3.8, 4) is 23.1 Å². The van der Waals surface area contributed by atoms with E-state index >= 15 is 0 Å². The van der Waals surface area contributed by atoms with Gasteiger partial charge in [0.05, 0.1) is 38.7 Å². The summed E-state index contributed by atoms with van der Waals surface area (Å²) >= 11 is 18.8. The fraction of sp³-hybridized carbons (Fsp3) is 0.312. The van der Waals surface area contributed by atoms with Gasteiger partial charge in [-0.2, -0.15) is 5.26 Å². The van der Waals surface area contributed by atoms with E-state index in [2.05, 4.69) is 22.9 Å². The Kier molecular flexibility index (Phi) is 9.10. The number of anilines is 1. The number of nitrogens with zero attached hydrogens (tertiary/aromatic N) is 5. The van der Waals surface area contributed by atoms with Gasteiger partial charge >= 0.3 is 0 Å². The second-order valence-corrected chi connectivity index (χ2v) is 12.6. The second kappa shape index (κ2) is 12.6. The summed E-state index contributed by atoms with van der Waals surface area (Å²) in [4.78, 5) is 35.1. The molecule has 14 heteroatoms. The molecule has 5 rings (SSSR count). The lowest BCUT2D eigenvalue weighted by Crippen LogP contribution is -2.54. The number of pyridine rings is 2. The van der Waals surface area contributed by atoms with E-state index in [-0.39, 0.29) is 65.1 Å². The van der Waals surface area contributed by atoms with Gasteiger partial charge in [-0.05, 0) is 49.8 Å². The van der Waals surface area contributed by atoms with Crippen molar-refractivity contribution in [3.63, 3.8) is 0 Å². The molecule has 2 N–H and O–H groups in total. The Morgan fingerprint density at radius 2 is 1.91 bits per heavy atom. The summed E-state index contributed by atoms with van der Waals surface area (Å²) in [7, 11) is 0. The molecule has 0 spiro atoms. The van der Waals surface area contributed by atoms with Crippen LogP contribution in [0.2, 0.25) is 15.1 Å². The maximum atomic E-state index is 14.8. The number of hydrogen-bond acceptors (Lipinski definition) is 7. The number of fused-ring (bicyclic) bond motifs is 1. The molecule has 1 saturated heterocycles. The lowest BCUT2D eigenvalue weighted by molar-refractivity contribution is -0.128. The summed E-state index contributed by atoms with van der Waals surface area (Å²) in [6.07, 6.45) is 4.77. The Labute approximate surface area is 278 Å². The molecule has 1 aromatic carbocycles. The van der Waals surface area contributed by atoms with Crippen molar-refractivity contribution in [1.29, 1.82) is 5.26 Å². The molecule has 2 atom stereocenters. The molecule has 4 heterocycles. The van der Waals surface area contributed by atoms with Gasteiger partial charge in [0.2, 0.25) is 5.91 Å². The van der Waals surface area contributed by atoms with E-state index in [0.29, 0.717) is 16.7 Å². The van der Waals surface area contributed by atoms with Crippen LogP contribution < -0.4 is 15.8 Å². The standard InChI is InChI=1S/C32H29Cl3F2N6O3/c1-6-20(44)42-10-9-41(13-16(42)5)29-17-11-19(33)27(21-22(34)24(36)25(37)23(35)30(21)45)40-31(17)43(32(46)18(29)12-38)28-15(4)7-8-39-26(28)14(2)3/h6-8,11,14,16,26,39,45H,1,9-10,13H2,2-5H3/t16-,26?/m1/s1. The summed E-state index contributed by atoms with van der Waals surface area (Å²) in [6.45, 7) is 11.9. The van der Waals surface area contributed by atoms with Crippen LogP contribution in [0.4, 0.5) is 14.5 Å². The Hall–Kier alpha value is -4.11. The molecule has 2 aliphatic heterocycles. The molecular weight excluding hydrogens is 661 g/mol. The first-order chi connectivity index (χ1) is 21.7. The summed E-state index contributed by atoms with van der Waals surface area (Å²) in [5, 5.41) is 22.9. The minimum atomic E-state index is -1.55. The van der Waals surface area contributed by atoms with E-state index in [4.69, 9.17) is 34.8 Å². The summed E-state index contributed by atoms with van der Waals surface area (Å²) in [5.74, 6) is -4.24. The van der Waals surface area contributed by atoms with Gasteiger partial charge in [-0.15, -0.1) is 0 Å². The number of phenolic OH excluding ortho intramolecular Hbond substituents is 1. The summed E-state index contributed by atoms with van der Waals surface area (Å²) < 4.78 is 30.5. The van der Waals surface area contributed by atoms with Crippen molar-refractivity contribution in [1.82, 2.24) is 19.8 Å². The number of carbonyl (C=O) groups is 1. The molecule has 0 bridgehead atoms. The molecule has 9 nitrogen and oxygen atoms in total. The Bertz CT molecular complexity index is 1960. The van der Waals surface area contributed by atoms with Crippen LogP contribution in [0.1, 0.15) is 33.3 Å². The third-order valence-corrected chi connectivity index (χ3v) is 9.27. The zero-order valence-electron chi connectivity index (χ0n) is 25.3. The molecule has 0 aliphatic carbocycles. The number of phenols is 1. The molecule has 1 unspecified atom stereocenters. The molecule has 240 valence electrons. The molecule has 0 radical (unpaired) electrons. The van der Waals surface area contributed by atoms with Gasteiger partial charge in [-0.3, -0.25) is 14.2 Å². The van der Waals surface area contributed by atoms with E-state index in [9.17, 15) is 28.7 Å². The van der Waals surface area contributed by atoms with Gasteiger partial charge in [0.1, 0.15) is 28.1 Å². The van der Waals surface area contributed by atoms with Gasteiger partial charge < -0.3 is 20.2 Å². The highest BCUT2D eigenvalue weighted by Crippen LogP contribution is 2.47. The van der Waals surface area contributed by atoms with Crippen molar-refractivity contribution in [2.24, 2.45) is 5.92 Å². The van der Waals surface area contributed by atoms with Crippen LogP contribution in [0.25, 0.3) is 28.0 Å². The quantitative estimate of drug-likeness (QED) is 0.179. The van der Waals surface area contributed by atoms with Crippen LogP contribution in [0.15, 0.2) is 41.4 Å². The first-order valence-electron chi connectivity index (χ1n) is 14.3. The second-order valence-electron chi connectivity index (χ2n) is 11.5. The molecule has 3 aromatic rings. The molecule has 2 aliphatic rings. The number of nitriles is 1. The molecule has 2 aromatic heterocycles. The number of piperazine rings is 1. The molecule has 0 saturated carbocycles. The van der Waals surface area contributed by atoms with Gasteiger partial charge in [0.15, 0.2) is 11.6 Å². The predicted octanol–water partition coefficient (Wildman–Crippen LogP) is 6.47. The summed E-state index contributed by atoms with van der Waals surface area (Å²) in [6, 6.07) is 2.82. The highest BCUT2D eigenvalue weighted by molar-refractivity contribution is 6.39. The number of benzene rings is 1. The minimum Gasteiger partial charge on any atom is -0.506 e. The van der Waals surface area contributed by atoms with E-state index in [1.165, 1.54) is 16.7 Å². The smallest absolute Gasteiger partial charge is 0.276 e. The number of allylic oxidation sites excluding steroid dienone is 2. The van der Waals surface area contributed by atoms with Crippen molar-refractivity contribution in [3.05, 3.63) is 79.2 Å². The Morgan fingerprint density at radius 3 is 2.52 bits per heavy atom. The average molecular weight is 690 g/mol. The number of carbonyl (C=O) groups excluding carboxylic acids is 1. The Balaban J connectivity index is 1.91. The number of amides is 1. The highest BCUT2D eigenvalue weighted by atomic mass is 35.5. The number of dihydropyridines is 1. The van der Waals surface area contributed by atoms with Crippen molar-refractivity contribution >= 4 is 63.1 Å². The third-order valence-electron chi connectivity index (χ3n) is 8.28. The lowest BCUT2D eigenvalue weighted by Gasteiger charge is -2.41. The summed E-state index contributed by atoms with van der Waals surface area (Å²) in [5.41, 5.74) is -0.127. The number of nitrogens with one attached hydrogen (secondary N) is 1. The topological polar surface area (TPSA) is 114 Å². The van der Waals surface area contributed by atoms with Crippen LogP contribution >= 0.6 is 34.8 Å². The van der Waals surface area contributed by atoms with Crippen LogP contribution in [-0.4, -0.2) is 57.2 Å². The van der Waals surface area contributed by atoms with Crippen LogP contribution in [0, 0.1) is 28.9 Å². The fourth-order valence-corrected chi connectivity index (χ4v) is 6.73. The van der Waals surface area contributed by atoms with Crippen LogP contribution in [0.5, 0.6) is 5.75 Å². The first-order valence-corrected chi connectivity index (χ1v) is 15.4. The van der Waals surface area contributed by atoms with E-state index in [1.54, 1.807) is 17.2 Å². The molecule has 1 amide bonds. The molecule has 46 heavy (non-hydrogen) atoms. The zero-order chi connectivity index (χ0) is 33.8. The maximum absolute atomic E-state index is 14.8. The first kappa shape index (κ1) is 33.3. The largest absolute Gasteiger partial charge is 0.506 e. The fourth-order valence-electron chi connectivity index (χ4n) is 6.05. The number of aromatic nitrogens is 2. The number of hydrogen-bond donors (Lipinski definition) is 2. The van der Waals surface area contributed by atoms with E-state index in [0.717, 1.165) is 0 Å². The normalized spacial score (nSPS) is 18.3. The lowest BCUT2D eigenvalue weighted by atomic mass is 9.94. The monoisotopic (exact) mass is 688 g/mol. The maximum Gasteiger partial charge on any atom is 0.276 e. The zero-order valence-corrected chi connectivity index (χ0v) is 27.5. The van der Waals surface area contributed by atoms with Crippen LogP contribution in [-0.2, 0) is 4.79 Å². The third kappa shape index (κ3) is 5.28. The number of aromatic hydroxyl groups is 1. The van der Waals surface area contributed by atoms with Gasteiger partial charge in [-0.1, -0.05) is 55.2 Å². The van der Waals surface area contributed by atoms with Crippen LogP contribution in [0.3, 0.4) is 0 Å². The van der Waals surface area contributed by atoms with Crippen molar-refractivity contribution < 1.29 is 18.7 Å². The predicted molar refractivity (Wildman–Crippen MR) is 176 cm³/mol. The van der Waals surface area contributed by atoms with Gasteiger partial charge in [-0.25, -0.2) is 13.8 Å². The Morgan fingerprint density at radius 1 is 1.24 bits per heavy atom. The van der Waals surface area contributed by atoms with E-state index in [1.807, 2.05) is 32.6 Å². The van der Waals surface area contributed by atoms with Gasteiger partial charge in [0.25, 0.3) is 5.56 Å². The SMILES string of the molecule is C=CC(=O)N1CCN(c2c(C#N)c(=O)n(C3=C(C)C=CNC3C(C)C)c3nc(-c4c(O)c(Cl)c(F)c(F)c4Cl)c(Cl)cc23)C[C@H]1C. The number of rotatable bonds is 5. The van der Waals surface area contributed by atoms with Crippen molar-refractivity contribution in [2.75, 3.05) is 24.5 Å².